The van der Waals surface area contributed by atoms with E-state index in [-0.39, 0.29) is 6.04 Å². The van der Waals surface area contributed by atoms with E-state index in [1.165, 1.54) is 24.0 Å². The van der Waals surface area contributed by atoms with E-state index in [1.807, 2.05) is 0 Å². The summed E-state index contributed by atoms with van der Waals surface area (Å²) in [5.74, 6) is 0.887. The summed E-state index contributed by atoms with van der Waals surface area (Å²) >= 11 is 3.58. The van der Waals surface area contributed by atoms with Gasteiger partial charge in [0.15, 0.2) is 0 Å². The molecule has 2 heteroatoms. The molecule has 0 unspecified atom stereocenters. The number of nitrogens with two attached hydrogens (primary N) is 1. The molecular weight excluding hydrogens is 238 g/mol. The van der Waals surface area contributed by atoms with Crippen molar-refractivity contribution >= 4 is 15.9 Å². The van der Waals surface area contributed by atoms with Gasteiger partial charge in [0, 0.05) is 10.5 Å². The van der Waals surface area contributed by atoms with Crippen LogP contribution in [0.25, 0.3) is 0 Å². The molecule has 1 aromatic rings. The Morgan fingerprint density at radius 3 is 2.79 bits per heavy atom. The van der Waals surface area contributed by atoms with Gasteiger partial charge < -0.3 is 5.73 Å². The van der Waals surface area contributed by atoms with E-state index >= 15 is 0 Å². The van der Waals surface area contributed by atoms with Crippen molar-refractivity contribution in [3.8, 4) is 0 Å². The fraction of sp³-hybridized carbons (Fsp3) is 0.500. The lowest BCUT2D eigenvalue weighted by atomic mass is 10.0. The smallest absolute Gasteiger partial charge is 0.0308 e. The molecule has 1 saturated carbocycles. The minimum atomic E-state index is 0.206. The SMILES string of the molecule is Cc1ccc([C@H](N)CC2CC2)c(Br)c1. The number of rotatable bonds is 3. The van der Waals surface area contributed by atoms with E-state index in [1.54, 1.807) is 0 Å². The van der Waals surface area contributed by atoms with Crippen molar-refractivity contribution in [2.24, 2.45) is 11.7 Å². The number of halogens is 1. The Kier molecular flexibility index (Phi) is 2.93. The van der Waals surface area contributed by atoms with Crippen LogP contribution in [-0.2, 0) is 0 Å². The van der Waals surface area contributed by atoms with Gasteiger partial charge in [-0.15, -0.1) is 0 Å². The third kappa shape index (κ3) is 2.37. The third-order valence-corrected chi connectivity index (χ3v) is 3.53. The highest BCUT2D eigenvalue weighted by Gasteiger charge is 2.25. The van der Waals surface area contributed by atoms with E-state index < -0.39 is 0 Å². The molecule has 0 amide bonds. The zero-order valence-electron chi connectivity index (χ0n) is 8.46. The molecule has 0 heterocycles. The van der Waals surface area contributed by atoms with Crippen LogP contribution >= 0.6 is 15.9 Å². The molecule has 1 atom stereocenters. The minimum absolute atomic E-state index is 0.206. The van der Waals surface area contributed by atoms with Crippen LogP contribution in [0.15, 0.2) is 22.7 Å². The molecular formula is C12H16BrN. The molecule has 2 rings (SSSR count). The molecule has 0 aromatic heterocycles. The summed E-state index contributed by atoms with van der Waals surface area (Å²) in [6.07, 6.45) is 3.88. The van der Waals surface area contributed by atoms with Gasteiger partial charge in [-0.2, -0.15) is 0 Å². The first kappa shape index (κ1) is 10.2. The largest absolute Gasteiger partial charge is 0.324 e. The molecule has 1 aromatic carbocycles. The Bertz CT molecular complexity index is 331. The average Bonchev–Trinajstić information content (AvgIpc) is 2.87. The maximum Gasteiger partial charge on any atom is 0.0308 e. The van der Waals surface area contributed by atoms with Crippen LogP contribution in [0.2, 0.25) is 0 Å². The fourth-order valence-electron chi connectivity index (χ4n) is 1.77. The van der Waals surface area contributed by atoms with Gasteiger partial charge in [-0.25, -0.2) is 0 Å². The molecule has 0 aliphatic heterocycles. The van der Waals surface area contributed by atoms with Gasteiger partial charge in [0.05, 0.1) is 0 Å². The fourth-order valence-corrected chi connectivity index (χ4v) is 2.56. The van der Waals surface area contributed by atoms with Gasteiger partial charge in [0.2, 0.25) is 0 Å². The number of benzene rings is 1. The van der Waals surface area contributed by atoms with Gasteiger partial charge in [0.25, 0.3) is 0 Å². The molecule has 0 radical (unpaired) electrons. The molecule has 1 nitrogen and oxygen atoms in total. The van der Waals surface area contributed by atoms with Crippen molar-refractivity contribution in [2.75, 3.05) is 0 Å². The lowest BCUT2D eigenvalue weighted by Crippen LogP contribution is -2.11. The summed E-state index contributed by atoms with van der Waals surface area (Å²) in [7, 11) is 0. The Balaban J connectivity index is 2.13. The first-order chi connectivity index (χ1) is 6.66. The first-order valence-electron chi connectivity index (χ1n) is 5.18. The lowest BCUT2D eigenvalue weighted by Gasteiger charge is -2.13. The molecule has 0 saturated heterocycles. The van der Waals surface area contributed by atoms with E-state index in [0.717, 1.165) is 16.8 Å². The maximum atomic E-state index is 6.16. The van der Waals surface area contributed by atoms with Gasteiger partial charge in [-0.3, -0.25) is 0 Å². The van der Waals surface area contributed by atoms with Crippen LogP contribution in [0.4, 0.5) is 0 Å². The Hall–Kier alpha value is -0.340. The summed E-state index contributed by atoms with van der Waals surface area (Å²) in [5, 5.41) is 0. The first-order valence-corrected chi connectivity index (χ1v) is 5.98. The Labute approximate surface area is 93.8 Å². The van der Waals surface area contributed by atoms with Crippen LogP contribution in [0.5, 0.6) is 0 Å². The predicted octanol–water partition coefficient (Wildman–Crippen LogP) is 3.56. The summed E-state index contributed by atoms with van der Waals surface area (Å²) in [6.45, 7) is 2.10. The topological polar surface area (TPSA) is 26.0 Å². The van der Waals surface area contributed by atoms with Crippen molar-refractivity contribution in [3.05, 3.63) is 33.8 Å². The minimum Gasteiger partial charge on any atom is -0.324 e. The average molecular weight is 254 g/mol. The van der Waals surface area contributed by atoms with Gasteiger partial charge >= 0.3 is 0 Å². The van der Waals surface area contributed by atoms with Gasteiger partial charge in [0.1, 0.15) is 0 Å². The highest BCUT2D eigenvalue weighted by Crippen LogP contribution is 2.38. The molecule has 2 N–H and O–H groups in total. The summed E-state index contributed by atoms with van der Waals surface area (Å²) < 4.78 is 1.16. The third-order valence-electron chi connectivity index (χ3n) is 2.84. The van der Waals surface area contributed by atoms with Crippen LogP contribution < -0.4 is 5.73 Å². The maximum absolute atomic E-state index is 6.16. The second-order valence-corrected chi connectivity index (χ2v) is 5.16. The van der Waals surface area contributed by atoms with E-state index in [9.17, 15) is 0 Å². The number of hydrogen-bond donors (Lipinski definition) is 1. The van der Waals surface area contributed by atoms with Crippen molar-refractivity contribution in [2.45, 2.75) is 32.2 Å². The molecule has 1 fully saturated rings. The van der Waals surface area contributed by atoms with Crippen molar-refractivity contribution in [1.82, 2.24) is 0 Å². The Morgan fingerprint density at radius 1 is 1.50 bits per heavy atom. The molecule has 0 spiro atoms. The summed E-state index contributed by atoms with van der Waals surface area (Å²) in [4.78, 5) is 0. The zero-order valence-corrected chi connectivity index (χ0v) is 10.0. The monoisotopic (exact) mass is 253 g/mol. The van der Waals surface area contributed by atoms with Crippen molar-refractivity contribution in [3.63, 3.8) is 0 Å². The molecule has 1 aliphatic carbocycles. The molecule has 1 aliphatic rings. The number of hydrogen-bond acceptors (Lipinski definition) is 1. The highest BCUT2D eigenvalue weighted by atomic mass is 79.9. The molecule has 76 valence electrons. The second kappa shape index (κ2) is 4.03. The van der Waals surface area contributed by atoms with Crippen molar-refractivity contribution in [1.29, 1.82) is 0 Å². The van der Waals surface area contributed by atoms with Crippen LogP contribution in [0.3, 0.4) is 0 Å². The van der Waals surface area contributed by atoms with E-state index in [2.05, 4.69) is 41.1 Å². The molecule has 14 heavy (non-hydrogen) atoms. The Morgan fingerprint density at radius 2 is 2.21 bits per heavy atom. The second-order valence-electron chi connectivity index (χ2n) is 4.31. The highest BCUT2D eigenvalue weighted by molar-refractivity contribution is 9.10. The van der Waals surface area contributed by atoms with Crippen molar-refractivity contribution < 1.29 is 0 Å². The lowest BCUT2D eigenvalue weighted by molar-refractivity contribution is 0.595. The van der Waals surface area contributed by atoms with E-state index in [0.29, 0.717) is 0 Å². The standard InChI is InChI=1S/C12H16BrN/c1-8-2-5-10(11(13)6-8)12(14)7-9-3-4-9/h2,5-6,9,12H,3-4,7,14H2,1H3/t12-/m1/s1. The zero-order chi connectivity index (χ0) is 10.1. The summed E-state index contributed by atoms with van der Waals surface area (Å²) in [6, 6.07) is 6.62. The van der Waals surface area contributed by atoms with Crippen LogP contribution in [-0.4, -0.2) is 0 Å². The van der Waals surface area contributed by atoms with Gasteiger partial charge in [-0.05, 0) is 36.5 Å². The number of aryl methyl sites for hydroxylation is 1. The summed E-state index contributed by atoms with van der Waals surface area (Å²) in [5.41, 5.74) is 8.69. The predicted molar refractivity (Wildman–Crippen MR) is 63.1 cm³/mol. The van der Waals surface area contributed by atoms with Crippen LogP contribution in [0.1, 0.15) is 36.4 Å². The molecule has 0 bridgehead atoms. The normalized spacial score (nSPS) is 18.2. The van der Waals surface area contributed by atoms with E-state index in [4.69, 9.17) is 5.73 Å². The van der Waals surface area contributed by atoms with Gasteiger partial charge in [-0.1, -0.05) is 40.9 Å². The van der Waals surface area contributed by atoms with Crippen LogP contribution in [0, 0.1) is 12.8 Å². The quantitative estimate of drug-likeness (QED) is 0.876.